The smallest absolute Gasteiger partial charge is 0.268 e. The van der Waals surface area contributed by atoms with E-state index in [9.17, 15) is 9.59 Å². The molecule has 4 rings (SSSR count). The van der Waals surface area contributed by atoms with Crippen LogP contribution in [-0.4, -0.2) is 5.91 Å². The molecule has 0 aliphatic rings. The maximum atomic E-state index is 13.1. The topological polar surface area (TPSA) is 59.3 Å². The monoisotopic (exact) mass is 361 g/mol. The van der Waals surface area contributed by atoms with Crippen LogP contribution in [0.25, 0.3) is 22.1 Å². The quantitative estimate of drug-likeness (QED) is 0.553. The number of aryl methyl sites for hydroxylation is 1. The fourth-order valence-corrected chi connectivity index (χ4v) is 3.40. The van der Waals surface area contributed by atoms with Gasteiger partial charge in [0.05, 0.1) is 15.8 Å². The summed E-state index contributed by atoms with van der Waals surface area (Å²) >= 11 is 1.33. The van der Waals surface area contributed by atoms with Crippen molar-refractivity contribution in [2.24, 2.45) is 0 Å². The number of thiophene rings is 1. The number of hydrogen-bond acceptors (Lipinski definition) is 4. The third kappa shape index (κ3) is 2.93. The average Bonchev–Trinajstić information content (AvgIpc) is 3.18. The molecule has 128 valence electrons. The molecule has 0 unspecified atom stereocenters. The molecule has 0 fully saturated rings. The molecule has 1 N–H and O–H groups in total. The first-order valence-electron chi connectivity index (χ1n) is 8.11. The van der Waals surface area contributed by atoms with E-state index < -0.39 is 0 Å². The maximum Gasteiger partial charge on any atom is 0.268 e. The Balaban J connectivity index is 1.92. The highest BCUT2D eigenvalue weighted by Crippen LogP contribution is 2.29. The molecule has 1 amide bonds. The number of hydrogen-bond donors (Lipinski definition) is 1. The number of amides is 1. The van der Waals surface area contributed by atoms with Crippen molar-refractivity contribution in [1.29, 1.82) is 0 Å². The number of anilines is 1. The lowest BCUT2D eigenvalue weighted by atomic mass is 10.0. The van der Waals surface area contributed by atoms with Crippen LogP contribution in [-0.2, 0) is 0 Å². The first-order valence-corrected chi connectivity index (χ1v) is 8.99. The molecule has 0 bridgehead atoms. The molecule has 4 aromatic rings. The van der Waals surface area contributed by atoms with Gasteiger partial charge < -0.3 is 4.42 Å². The van der Waals surface area contributed by atoms with Crippen molar-refractivity contribution in [3.8, 4) is 11.1 Å². The summed E-state index contributed by atoms with van der Waals surface area (Å²) < 4.78 is 5.90. The lowest BCUT2D eigenvalue weighted by Crippen LogP contribution is -2.15. The van der Waals surface area contributed by atoms with Gasteiger partial charge in [0.1, 0.15) is 5.58 Å². The van der Waals surface area contributed by atoms with E-state index in [1.165, 1.54) is 11.3 Å². The number of benzene rings is 2. The summed E-state index contributed by atoms with van der Waals surface area (Å²) in [6.07, 6.45) is 0. The molecule has 4 nitrogen and oxygen atoms in total. The molecular formula is C21H15NO3S. The van der Waals surface area contributed by atoms with Gasteiger partial charge in [-0.1, -0.05) is 48.0 Å². The number of fused-ring (bicyclic) bond motifs is 1. The van der Waals surface area contributed by atoms with Crippen molar-refractivity contribution in [1.82, 2.24) is 0 Å². The molecular weight excluding hydrogens is 346 g/mol. The van der Waals surface area contributed by atoms with Gasteiger partial charge in [0.15, 0.2) is 0 Å². The Morgan fingerprint density at radius 2 is 1.77 bits per heavy atom. The Bertz CT molecular complexity index is 1140. The predicted molar refractivity (Wildman–Crippen MR) is 105 cm³/mol. The minimum Gasteiger partial charge on any atom is -0.439 e. The van der Waals surface area contributed by atoms with Gasteiger partial charge in [0.2, 0.25) is 11.3 Å². The van der Waals surface area contributed by atoms with E-state index in [0.29, 0.717) is 27.0 Å². The van der Waals surface area contributed by atoms with Crippen molar-refractivity contribution in [2.75, 3.05) is 5.32 Å². The van der Waals surface area contributed by atoms with E-state index in [1.807, 2.05) is 36.6 Å². The lowest BCUT2D eigenvalue weighted by Gasteiger charge is -2.11. The van der Waals surface area contributed by atoms with Crippen LogP contribution in [0.15, 0.2) is 75.3 Å². The summed E-state index contributed by atoms with van der Waals surface area (Å²) in [6, 6.07) is 18.1. The number of para-hydroxylation sites is 1. The molecule has 0 radical (unpaired) electrons. The van der Waals surface area contributed by atoms with E-state index in [4.69, 9.17) is 4.42 Å². The zero-order valence-corrected chi connectivity index (χ0v) is 14.8. The summed E-state index contributed by atoms with van der Waals surface area (Å²) in [6.45, 7) is 1.98. The van der Waals surface area contributed by atoms with Crippen LogP contribution in [0.3, 0.4) is 0 Å². The van der Waals surface area contributed by atoms with Gasteiger partial charge in [0, 0.05) is 0 Å². The summed E-state index contributed by atoms with van der Waals surface area (Å²) in [5, 5.41) is 5.07. The summed E-state index contributed by atoms with van der Waals surface area (Å²) in [7, 11) is 0. The molecule has 0 aliphatic heterocycles. The molecule has 0 atom stereocenters. The number of carbonyl (C=O) groups excluding carboxylic acids is 1. The van der Waals surface area contributed by atoms with E-state index in [1.54, 1.807) is 36.4 Å². The zero-order valence-electron chi connectivity index (χ0n) is 14.0. The molecule has 2 aromatic carbocycles. The molecule has 2 aromatic heterocycles. The lowest BCUT2D eigenvalue weighted by molar-refractivity contribution is 0.102. The van der Waals surface area contributed by atoms with Crippen LogP contribution >= 0.6 is 11.3 Å². The van der Waals surface area contributed by atoms with Gasteiger partial charge in [-0.2, -0.15) is 0 Å². The molecule has 26 heavy (non-hydrogen) atoms. The Labute approximate surface area is 153 Å². The largest absolute Gasteiger partial charge is 0.439 e. The predicted octanol–water partition coefficient (Wildman–Crippen LogP) is 5.08. The fraction of sp³-hybridized carbons (Fsp3) is 0.0476. The molecule has 0 spiro atoms. The Kier molecular flexibility index (Phi) is 4.14. The molecule has 0 saturated heterocycles. The van der Waals surface area contributed by atoms with E-state index in [2.05, 4.69) is 5.32 Å². The number of nitrogens with one attached hydrogen (secondary N) is 1. The minimum absolute atomic E-state index is 0.163. The van der Waals surface area contributed by atoms with E-state index in [0.717, 1.165) is 5.56 Å². The van der Waals surface area contributed by atoms with Crippen LogP contribution in [0.2, 0.25) is 0 Å². The van der Waals surface area contributed by atoms with E-state index in [-0.39, 0.29) is 17.2 Å². The Morgan fingerprint density at radius 3 is 2.50 bits per heavy atom. The van der Waals surface area contributed by atoms with Gasteiger partial charge in [-0.25, -0.2) is 0 Å². The normalized spacial score (nSPS) is 10.8. The molecule has 0 aliphatic carbocycles. The van der Waals surface area contributed by atoms with Crippen LogP contribution in [0, 0.1) is 6.92 Å². The Morgan fingerprint density at radius 1 is 1.00 bits per heavy atom. The summed E-state index contributed by atoms with van der Waals surface area (Å²) in [4.78, 5) is 26.1. The van der Waals surface area contributed by atoms with Crippen molar-refractivity contribution < 1.29 is 9.21 Å². The van der Waals surface area contributed by atoms with Gasteiger partial charge in [-0.05, 0) is 36.1 Å². The standard InChI is InChI=1S/C21H15NO3S/c1-13-8-10-14(11-9-13)18-19(23)15-5-2-3-6-16(15)25-21(18)22-20(24)17-7-4-12-26-17/h2-12H,1H3,(H,22,24). The minimum atomic E-state index is -0.299. The van der Waals surface area contributed by atoms with Crippen LogP contribution in [0.4, 0.5) is 5.88 Å². The first-order chi connectivity index (χ1) is 12.6. The zero-order chi connectivity index (χ0) is 18.1. The third-order valence-corrected chi connectivity index (χ3v) is 4.98. The number of rotatable bonds is 3. The fourth-order valence-electron chi connectivity index (χ4n) is 2.78. The SMILES string of the molecule is Cc1ccc(-c2c(NC(=O)c3cccs3)oc3ccccc3c2=O)cc1. The second kappa shape index (κ2) is 6.61. The van der Waals surface area contributed by atoms with Gasteiger partial charge in [-0.15, -0.1) is 11.3 Å². The maximum absolute atomic E-state index is 13.1. The second-order valence-electron chi connectivity index (χ2n) is 5.93. The average molecular weight is 361 g/mol. The highest BCUT2D eigenvalue weighted by Gasteiger charge is 2.19. The van der Waals surface area contributed by atoms with Crippen molar-refractivity contribution in [2.45, 2.75) is 6.92 Å². The van der Waals surface area contributed by atoms with Gasteiger partial charge in [-0.3, -0.25) is 14.9 Å². The van der Waals surface area contributed by atoms with Gasteiger partial charge in [0.25, 0.3) is 5.91 Å². The summed E-state index contributed by atoms with van der Waals surface area (Å²) in [5.74, 6) is -0.136. The highest BCUT2D eigenvalue weighted by molar-refractivity contribution is 7.12. The second-order valence-corrected chi connectivity index (χ2v) is 6.88. The van der Waals surface area contributed by atoms with Crippen molar-refractivity contribution in [3.05, 3.63) is 86.7 Å². The van der Waals surface area contributed by atoms with Crippen LogP contribution < -0.4 is 10.7 Å². The third-order valence-electron chi connectivity index (χ3n) is 4.11. The van der Waals surface area contributed by atoms with Crippen LogP contribution in [0.1, 0.15) is 15.2 Å². The Hall–Kier alpha value is -3.18. The van der Waals surface area contributed by atoms with E-state index >= 15 is 0 Å². The molecule has 2 heterocycles. The van der Waals surface area contributed by atoms with Crippen molar-refractivity contribution >= 4 is 34.1 Å². The molecule has 0 saturated carbocycles. The first kappa shape index (κ1) is 16.3. The number of carbonyl (C=O) groups is 1. The van der Waals surface area contributed by atoms with Crippen molar-refractivity contribution in [3.63, 3.8) is 0 Å². The van der Waals surface area contributed by atoms with Crippen LogP contribution in [0.5, 0.6) is 0 Å². The summed E-state index contributed by atoms with van der Waals surface area (Å²) in [5.41, 5.74) is 2.42. The van der Waals surface area contributed by atoms with Gasteiger partial charge >= 0.3 is 0 Å². The highest BCUT2D eigenvalue weighted by atomic mass is 32.1. The molecule has 5 heteroatoms.